The van der Waals surface area contributed by atoms with Crippen molar-refractivity contribution in [1.82, 2.24) is 14.6 Å². The van der Waals surface area contributed by atoms with Gasteiger partial charge in [0.1, 0.15) is 11.9 Å². The zero-order valence-electron chi connectivity index (χ0n) is 14.5. The van der Waals surface area contributed by atoms with Crippen molar-refractivity contribution < 1.29 is 14.6 Å². The molecule has 1 N–H and O–H groups in total. The maximum absolute atomic E-state index is 9.64. The average Bonchev–Trinajstić information content (AvgIpc) is 3.29. The maximum atomic E-state index is 9.64. The predicted molar refractivity (Wildman–Crippen MR) is 96.5 cm³/mol. The molecule has 0 bridgehead atoms. The van der Waals surface area contributed by atoms with Gasteiger partial charge < -0.3 is 14.6 Å². The minimum Gasteiger partial charge on any atom is -0.493 e. The first-order valence-electron chi connectivity index (χ1n) is 9.22. The number of aliphatic hydroxyl groups excluding tert-OH is 1. The summed E-state index contributed by atoms with van der Waals surface area (Å²) in [5.41, 5.74) is 4.04. The molecule has 6 heteroatoms. The number of ether oxygens (including phenoxy) is 2. The van der Waals surface area contributed by atoms with Gasteiger partial charge in [0.05, 0.1) is 24.6 Å². The summed E-state index contributed by atoms with van der Waals surface area (Å²) < 4.78 is 13.5. The number of fused-ring (bicyclic) bond motifs is 2. The molecule has 6 nitrogen and oxygen atoms in total. The minimum atomic E-state index is -0.186. The van der Waals surface area contributed by atoms with Crippen LogP contribution in [-0.2, 0) is 6.42 Å². The van der Waals surface area contributed by atoms with E-state index in [-0.39, 0.29) is 12.2 Å². The normalized spacial score (nSPS) is 22.2. The van der Waals surface area contributed by atoms with Crippen molar-refractivity contribution in [2.45, 2.75) is 44.3 Å². The van der Waals surface area contributed by atoms with Crippen LogP contribution >= 0.6 is 0 Å². The Morgan fingerprint density at radius 2 is 2.00 bits per heavy atom. The van der Waals surface area contributed by atoms with E-state index < -0.39 is 0 Å². The highest BCUT2D eigenvalue weighted by molar-refractivity contribution is 5.65. The first kappa shape index (κ1) is 15.6. The van der Waals surface area contributed by atoms with E-state index in [1.54, 1.807) is 0 Å². The van der Waals surface area contributed by atoms with Crippen LogP contribution in [0.5, 0.6) is 11.6 Å². The molecular formula is C20H21N3O3. The molecule has 0 unspecified atom stereocenters. The fourth-order valence-corrected chi connectivity index (χ4v) is 3.80. The molecule has 1 fully saturated rings. The van der Waals surface area contributed by atoms with Gasteiger partial charge in [-0.1, -0.05) is 0 Å². The summed E-state index contributed by atoms with van der Waals surface area (Å²) in [5.74, 6) is 1.57. The van der Waals surface area contributed by atoms with E-state index >= 15 is 0 Å². The zero-order valence-corrected chi connectivity index (χ0v) is 14.5. The summed E-state index contributed by atoms with van der Waals surface area (Å²) in [6, 6.07) is 10.0. The molecule has 0 atom stereocenters. The van der Waals surface area contributed by atoms with E-state index in [0.717, 1.165) is 61.4 Å². The largest absolute Gasteiger partial charge is 0.493 e. The summed E-state index contributed by atoms with van der Waals surface area (Å²) in [6.45, 7) is 0.748. The minimum absolute atomic E-state index is 0.118. The van der Waals surface area contributed by atoms with Crippen molar-refractivity contribution in [3.05, 3.63) is 42.1 Å². The highest BCUT2D eigenvalue weighted by Gasteiger charge is 2.21. The summed E-state index contributed by atoms with van der Waals surface area (Å²) in [6.07, 6.45) is 6.03. The quantitative estimate of drug-likeness (QED) is 0.786. The second kappa shape index (κ2) is 6.29. The Labute approximate surface area is 151 Å². The van der Waals surface area contributed by atoms with E-state index in [1.807, 2.05) is 35.0 Å². The second-order valence-corrected chi connectivity index (χ2v) is 7.05. The Morgan fingerprint density at radius 1 is 1.12 bits per heavy atom. The van der Waals surface area contributed by atoms with Crippen molar-refractivity contribution in [2.24, 2.45) is 0 Å². The number of benzene rings is 1. The van der Waals surface area contributed by atoms with Gasteiger partial charge in [0.25, 0.3) is 0 Å². The van der Waals surface area contributed by atoms with Gasteiger partial charge in [0.2, 0.25) is 5.88 Å². The number of hydrogen-bond acceptors (Lipinski definition) is 5. The molecule has 0 spiro atoms. The third-order valence-electron chi connectivity index (χ3n) is 5.25. The van der Waals surface area contributed by atoms with Crippen LogP contribution in [0.1, 0.15) is 31.2 Å². The number of aromatic nitrogens is 3. The fourth-order valence-electron chi connectivity index (χ4n) is 3.80. The van der Waals surface area contributed by atoms with Crippen LogP contribution in [0.15, 0.2) is 36.5 Å². The third-order valence-corrected chi connectivity index (χ3v) is 5.25. The molecule has 1 aromatic carbocycles. The number of aliphatic hydroxyl groups is 1. The molecule has 0 radical (unpaired) electrons. The monoisotopic (exact) mass is 351 g/mol. The Hall–Kier alpha value is -2.60. The van der Waals surface area contributed by atoms with E-state index in [1.165, 1.54) is 5.56 Å². The average molecular weight is 351 g/mol. The molecule has 26 heavy (non-hydrogen) atoms. The van der Waals surface area contributed by atoms with E-state index in [2.05, 4.69) is 16.1 Å². The van der Waals surface area contributed by atoms with Crippen molar-refractivity contribution in [3.63, 3.8) is 0 Å². The Balaban J connectivity index is 1.45. The third kappa shape index (κ3) is 2.80. The lowest BCUT2D eigenvalue weighted by Gasteiger charge is -2.25. The first-order valence-corrected chi connectivity index (χ1v) is 9.22. The van der Waals surface area contributed by atoms with Gasteiger partial charge in [0.15, 0.2) is 5.65 Å². The van der Waals surface area contributed by atoms with Gasteiger partial charge in [-0.15, -0.1) is 5.10 Å². The van der Waals surface area contributed by atoms with Crippen LogP contribution in [0.2, 0.25) is 0 Å². The number of nitrogens with zero attached hydrogens (tertiary/aromatic N) is 3. The molecule has 1 aliphatic heterocycles. The lowest BCUT2D eigenvalue weighted by Crippen LogP contribution is -2.26. The van der Waals surface area contributed by atoms with Gasteiger partial charge in [-0.05, 0) is 55.5 Å². The van der Waals surface area contributed by atoms with Crippen LogP contribution in [0.4, 0.5) is 0 Å². The van der Waals surface area contributed by atoms with Crippen LogP contribution in [0, 0.1) is 0 Å². The first-order chi connectivity index (χ1) is 12.8. The molecule has 134 valence electrons. The molecular weight excluding hydrogens is 330 g/mol. The number of hydrogen-bond donors (Lipinski definition) is 1. The smallest absolute Gasteiger partial charge is 0.232 e. The second-order valence-electron chi connectivity index (χ2n) is 7.05. The standard InChI is InChI=1S/C20H21N3O3/c24-15-2-4-16(5-3-15)26-20-8-7-19-21-12-17(23(19)22-20)13-1-6-18-14(11-13)9-10-25-18/h1,6-8,11-12,15-16,24H,2-5,9-10H2/t15-,16-. The van der Waals surface area contributed by atoms with Gasteiger partial charge in [-0.25, -0.2) is 9.50 Å². The van der Waals surface area contributed by atoms with E-state index in [0.29, 0.717) is 5.88 Å². The number of rotatable bonds is 3. The van der Waals surface area contributed by atoms with Gasteiger partial charge in [0, 0.05) is 18.1 Å². The summed E-state index contributed by atoms with van der Waals surface area (Å²) in [4.78, 5) is 4.47. The summed E-state index contributed by atoms with van der Waals surface area (Å²) >= 11 is 0. The molecule has 0 amide bonds. The van der Waals surface area contributed by atoms with Crippen LogP contribution in [0.25, 0.3) is 16.9 Å². The van der Waals surface area contributed by atoms with Crippen molar-refractivity contribution in [3.8, 4) is 22.9 Å². The maximum Gasteiger partial charge on any atom is 0.232 e. The zero-order chi connectivity index (χ0) is 17.5. The van der Waals surface area contributed by atoms with E-state index in [4.69, 9.17) is 9.47 Å². The molecule has 1 aliphatic carbocycles. The topological polar surface area (TPSA) is 68.9 Å². The number of imidazole rings is 1. The van der Waals surface area contributed by atoms with Crippen LogP contribution < -0.4 is 9.47 Å². The van der Waals surface area contributed by atoms with Crippen molar-refractivity contribution >= 4 is 5.65 Å². The molecule has 2 aliphatic rings. The molecule has 1 saturated carbocycles. The lowest BCUT2D eigenvalue weighted by atomic mass is 9.95. The van der Waals surface area contributed by atoms with Gasteiger partial charge >= 0.3 is 0 Å². The molecule has 5 rings (SSSR count). The summed E-state index contributed by atoms with van der Waals surface area (Å²) in [7, 11) is 0. The van der Waals surface area contributed by atoms with Crippen LogP contribution in [-0.4, -0.2) is 38.5 Å². The molecule has 0 saturated heterocycles. The fraction of sp³-hybridized carbons (Fsp3) is 0.400. The predicted octanol–water partition coefficient (Wildman–Crippen LogP) is 3.01. The molecule has 2 aromatic heterocycles. The highest BCUT2D eigenvalue weighted by atomic mass is 16.5. The van der Waals surface area contributed by atoms with Crippen molar-refractivity contribution in [1.29, 1.82) is 0 Å². The Bertz CT molecular complexity index is 945. The van der Waals surface area contributed by atoms with Gasteiger partial charge in [-0.2, -0.15) is 0 Å². The summed E-state index contributed by atoms with van der Waals surface area (Å²) in [5, 5.41) is 14.3. The Kier molecular flexibility index (Phi) is 3.78. The molecule has 3 heterocycles. The van der Waals surface area contributed by atoms with Gasteiger partial charge in [-0.3, -0.25) is 0 Å². The lowest BCUT2D eigenvalue weighted by molar-refractivity contribution is 0.0637. The SMILES string of the molecule is O[C@H]1CC[C@H](Oc2ccc3ncc(-c4ccc5c(c4)CCO5)n3n2)CC1. The van der Waals surface area contributed by atoms with Crippen molar-refractivity contribution in [2.75, 3.05) is 6.61 Å². The highest BCUT2D eigenvalue weighted by Crippen LogP contribution is 2.31. The Morgan fingerprint density at radius 3 is 2.88 bits per heavy atom. The van der Waals surface area contributed by atoms with E-state index in [9.17, 15) is 5.11 Å². The van der Waals surface area contributed by atoms with Crippen LogP contribution in [0.3, 0.4) is 0 Å². The molecule has 3 aromatic rings.